The zero-order chi connectivity index (χ0) is 13.9. The average molecular weight is 270 g/mol. The van der Waals surface area contributed by atoms with Crippen molar-refractivity contribution in [2.75, 3.05) is 12.5 Å². The fourth-order valence-corrected chi connectivity index (χ4v) is 2.69. The molecule has 1 aromatic heterocycles. The number of benzene rings is 1. The van der Waals surface area contributed by atoms with E-state index in [0.717, 1.165) is 47.5 Å². The molecule has 0 saturated carbocycles. The molecule has 0 amide bonds. The summed E-state index contributed by atoms with van der Waals surface area (Å²) in [6, 6.07) is 8.03. The molecule has 1 heterocycles. The summed E-state index contributed by atoms with van der Waals surface area (Å²) in [5.41, 5.74) is 7.05. The van der Waals surface area contributed by atoms with Gasteiger partial charge in [0.2, 0.25) is 0 Å². The Morgan fingerprint density at radius 2 is 2.10 bits per heavy atom. The van der Waals surface area contributed by atoms with Crippen molar-refractivity contribution in [1.29, 1.82) is 0 Å². The minimum Gasteiger partial charge on any atom is -0.380 e. The average Bonchev–Trinajstić information content (AvgIpc) is 2.95. The molecule has 0 saturated heterocycles. The van der Waals surface area contributed by atoms with Crippen LogP contribution in [0.4, 0.5) is 5.82 Å². The first-order valence-corrected chi connectivity index (χ1v) is 6.77. The molecule has 3 rings (SSSR count). The monoisotopic (exact) mass is 270 g/mol. The number of anilines is 1. The van der Waals surface area contributed by atoms with Gasteiger partial charge in [0.1, 0.15) is 5.82 Å². The number of hydrogen-bond donors (Lipinski definition) is 2. The van der Waals surface area contributed by atoms with Crippen molar-refractivity contribution in [2.24, 2.45) is 5.84 Å². The highest BCUT2D eigenvalue weighted by Crippen LogP contribution is 2.30. The first-order valence-electron chi connectivity index (χ1n) is 6.77. The highest BCUT2D eigenvalue weighted by atomic mass is 16.5. The molecule has 1 aliphatic carbocycles. The molecule has 0 atom stereocenters. The number of rotatable bonds is 4. The SMILES string of the molecule is COCc1ccccc1-c1nc2c(c(NN)n1)CCC2. The molecule has 1 aromatic carbocycles. The summed E-state index contributed by atoms with van der Waals surface area (Å²) >= 11 is 0. The van der Waals surface area contributed by atoms with Crippen molar-refractivity contribution in [2.45, 2.75) is 25.9 Å². The van der Waals surface area contributed by atoms with Crippen LogP contribution in [0.1, 0.15) is 23.2 Å². The molecule has 0 unspecified atom stereocenters. The van der Waals surface area contributed by atoms with Crippen LogP contribution in [0.5, 0.6) is 0 Å². The first-order chi connectivity index (χ1) is 9.83. The van der Waals surface area contributed by atoms with Crippen molar-refractivity contribution < 1.29 is 4.74 Å². The molecule has 0 aliphatic heterocycles. The number of nitrogens with zero attached hydrogens (tertiary/aromatic N) is 2. The van der Waals surface area contributed by atoms with E-state index in [1.54, 1.807) is 7.11 Å². The molecule has 20 heavy (non-hydrogen) atoms. The lowest BCUT2D eigenvalue weighted by molar-refractivity contribution is 0.185. The number of hydrogen-bond acceptors (Lipinski definition) is 5. The van der Waals surface area contributed by atoms with Gasteiger partial charge in [-0.15, -0.1) is 0 Å². The van der Waals surface area contributed by atoms with Gasteiger partial charge in [0.25, 0.3) is 0 Å². The van der Waals surface area contributed by atoms with Gasteiger partial charge in [0.05, 0.1) is 6.61 Å². The van der Waals surface area contributed by atoms with E-state index in [-0.39, 0.29) is 0 Å². The largest absolute Gasteiger partial charge is 0.380 e. The van der Waals surface area contributed by atoms with Gasteiger partial charge < -0.3 is 10.2 Å². The molecule has 0 bridgehead atoms. The Hall–Kier alpha value is -1.98. The Bertz CT molecular complexity index is 627. The molecule has 5 heteroatoms. The minimum atomic E-state index is 0.544. The zero-order valence-corrected chi connectivity index (χ0v) is 11.5. The molecular formula is C15H18N4O. The Kier molecular flexibility index (Phi) is 3.62. The maximum absolute atomic E-state index is 5.60. The first kappa shape index (κ1) is 13.0. The van der Waals surface area contributed by atoms with Crippen molar-refractivity contribution in [1.82, 2.24) is 9.97 Å². The van der Waals surface area contributed by atoms with Gasteiger partial charge in [-0.25, -0.2) is 15.8 Å². The number of aryl methyl sites for hydroxylation is 1. The number of aromatic nitrogens is 2. The Labute approximate surface area is 118 Å². The number of methoxy groups -OCH3 is 1. The predicted molar refractivity (Wildman–Crippen MR) is 78.0 cm³/mol. The predicted octanol–water partition coefficient (Wildman–Crippen LogP) is 2.06. The van der Waals surface area contributed by atoms with E-state index in [0.29, 0.717) is 12.4 Å². The number of nitrogens with one attached hydrogen (secondary N) is 1. The van der Waals surface area contributed by atoms with Crippen LogP contribution in [0, 0.1) is 0 Å². The van der Waals surface area contributed by atoms with Gasteiger partial charge in [0.15, 0.2) is 5.82 Å². The van der Waals surface area contributed by atoms with Crippen molar-refractivity contribution >= 4 is 5.82 Å². The normalized spacial score (nSPS) is 13.3. The van der Waals surface area contributed by atoms with Crippen LogP contribution in [0.15, 0.2) is 24.3 Å². The number of ether oxygens (including phenoxy) is 1. The molecule has 0 fully saturated rings. The lowest BCUT2D eigenvalue weighted by Gasteiger charge is -2.12. The Morgan fingerprint density at radius 1 is 1.25 bits per heavy atom. The second-order valence-corrected chi connectivity index (χ2v) is 4.91. The summed E-state index contributed by atoms with van der Waals surface area (Å²) < 4.78 is 5.24. The zero-order valence-electron chi connectivity index (χ0n) is 11.5. The minimum absolute atomic E-state index is 0.544. The second kappa shape index (κ2) is 5.56. The third-order valence-electron chi connectivity index (χ3n) is 3.63. The van der Waals surface area contributed by atoms with Gasteiger partial charge in [-0.05, 0) is 24.8 Å². The lowest BCUT2D eigenvalue weighted by atomic mass is 10.1. The summed E-state index contributed by atoms with van der Waals surface area (Å²) in [6.07, 6.45) is 3.10. The third-order valence-corrected chi connectivity index (χ3v) is 3.63. The highest BCUT2D eigenvalue weighted by Gasteiger charge is 2.20. The lowest BCUT2D eigenvalue weighted by Crippen LogP contribution is -2.13. The second-order valence-electron chi connectivity index (χ2n) is 4.91. The summed E-state index contributed by atoms with van der Waals surface area (Å²) in [7, 11) is 1.69. The van der Waals surface area contributed by atoms with E-state index in [2.05, 4.69) is 10.4 Å². The molecule has 2 aromatic rings. The van der Waals surface area contributed by atoms with Gasteiger partial charge in [-0.1, -0.05) is 24.3 Å². The molecule has 5 nitrogen and oxygen atoms in total. The summed E-state index contributed by atoms with van der Waals surface area (Å²) in [4.78, 5) is 9.29. The quantitative estimate of drug-likeness (QED) is 0.657. The van der Waals surface area contributed by atoms with Crippen LogP contribution < -0.4 is 11.3 Å². The fraction of sp³-hybridized carbons (Fsp3) is 0.333. The maximum atomic E-state index is 5.60. The van der Waals surface area contributed by atoms with Crippen LogP contribution in [0.3, 0.4) is 0 Å². The molecule has 104 valence electrons. The molecular weight excluding hydrogens is 252 g/mol. The van der Waals surface area contributed by atoms with Crippen molar-refractivity contribution in [3.63, 3.8) is 0 Å². The Morgan fingerprint density at radius 3 is 2.90 bits per heavy atom. The number of hydrazine groups is 1. The number of nitrogens with two attached hydrogens (primary N) is 1. The topological polar surface area (TPSA) is 73.1 Å². The van der Waals surface area contributed by atoms with Crippen LogP contribution in [0.25, 0.3) is 11.4 Å². The van der Waals surface area contributed by atoms with E-state index in [1.165, 1.54) is 0 Å². The maximum Gasteiger partial charge on any atom is 0.162 e. The van der Waals surface area contributed by atoms with Crippen molar-refractivity contribution in [3.8, 4) is 11.4 Å². The molecule has 0 spiro atoms. The Balaban J connectivity index is 2.11. The van der Waals surface area contributed by atoms with E-state index in [9.17, 15) is 0 Å². The number of fused-ring (bicyclic) bond motifs is 1. The van der Waals surface area contributed by atoms with Gasteiger partial charge in [0, 0.05) is 23.9 Å². The van der Waals surface area contributed by atoms with Crippen LogP contribution in [-0.4, -0.2) is 17.1 Å². The third kappa shape index (κ3) is 2.26. The van der Waals surface area contributed by atoms with E-state index in [1.807, 2.05) is 24.3 Å². The van der Waals surface area contributed by atoms with E-state index < -0.39 is 0 Å². The summed E-state index contributed by atoms with van der Waals surface area (Å²) in [5.74, 6) is 7.06. The smallest absolute Gasteiger partial charge is 0.162 e. The van der Waals surface area contributed by atoms with Crippen LogP contribution >= 0.6 is 0 Å². The highest BCUT2D eigenvalue weighted by molar-refractivity contribution is 5.63. The van der Waals surface area contributed by atoms with Crippen LogP contribution in [-0.2, 0) is 24.2 Å². The van der Waals surface area contributed by atoms with Gasteiger partial charge in [-0.3, -0.25) is 0 Å². The fourth-order valence-electron chi connectivity index (χ4n) is 2.69. The molecule has 1 aliphatic rings. The molecule has 3 N–H and O–H groups in total. The van der Waals surface area contributed by atoms with Crippen molar-refractivity contribution in [3.05, 3.63) is 41.1 Å². The van der Waals surface area contributed by atoms with Gasteiger partial charge >= 0.3 is 0 Å². The molecule has 0 radical (unpaired) electrons. The summed E-state index contributed by atoms with van der Waals surface area (Å²) in [6.45, 7) is 0.544. The van der Waals surface area contributed by atoms with Gasteiger partial charge in [-0.2, -0.15) is 0 Å². The summed E-state index contributed by atoms with van der Waals surface area (Å²) in [5, 5.41) is 0. The van der Waals surface area contributed by atoms with E-state index >= 15 is 0 Å². The number of nitrogen functional groups attached to an aromatic ring is 1. The van der Waals surface area contributed by atoms with E-state index in [4.69, 9.17) is 15.6 Å². The standard InChI is InChI=1S/C15H18N4O/c1-20-9-10-5-2-3-6-11(10)14-17-13-8-4-7-12(13)15(18-14)19-16/h2-3,5-6H,4,7-9,16H2,1H3,(H,17,18,19). The van der Waals surface area contributed by atoms with Crippen LogP contribution in [0.2, 0.25) is 0 Å².